The van der Waals surface area contributed by atoms with E-state index in [9.17, 15) is 4.39 Å². The third-order valence-electron chi connectivity index (χ3n) is 5.17. The second kappa shape index (κ2) is 7.28. The molecule has 6 nitrogen and oxygen atoms in total. The minimum absolute atomic E-state index is 0.242. The minimum Gasteiger partial charge on any atom is -0.368 e. The topological polar surface area (TPSA) is 88.8 Å². The van der Waals surface area contributed by atoms with E-state index >= 15 is 0 Å². The Kier molecular flexibility index (Phi) is 4.68. The first kappa shape index (κ1) is 17.4. The maximum absolute atomic E-state index is 14.2. The zero-order valence-electron chi connectivity index (χ0n) is 14.8. The van der Waals surface area contributed by atoms with Gasteiger partial charge in [-0.25, -0.2) is 4.39 Å². The lowest BCUT2D eigenvalue weighted by atomic mass is 9.66. The van der Waals surface area contributed by atoms with Crippen LogP contribution in [0.15, 0.2) is 54.7 Å². The summed E-state index contributed by atoms with van der Waals surface area (Å²) in [6.07, 6.45) is 4.56. The highest BCUT2D eigenvalue weighted by molar-refractivity contribution is 5.65. The molecule has 0 saturated heterocycles. The summed E-state index contributed by atoms with van der Waals surface area (Å²) in [5, 5.41) is 11.9. The second-order valence-corrected chi connectivity index (χ2v) is 6.85. The van der Waals surface area contributed by atoms with Crippen molar-refractivity contribution in [2.24, 2.45) is 5.84 Å². The van der Waals surface area contributed by atoms with Crippen LogP contribution in [0.4, 0.5) is 15.9 Å². The second-order valence-electron chi connectivity index (χ2n) is 6.85. The lowest BCUT2D eigenvalue weighted by Crippen LogP contribution is -2.42. The number of nitrogen functional groups attached to an aromatic ring is 1. The van der Waals surface area contributed by atoms with Crippen LogP contribution in [0.3, 0.4) is 0 Å². The molecule has 0 radical (unpaired) electrons. The normalized spacial score (nSPS) is 15.0. The van der Waals surface area contributed by atoms with Crippen LogP contribution in [-0.4, -0.2) is 21.7 Å². The number of hydrogen-bond acceptors (Lipinski definition) is 6. The predicted octanol–water partition coefficient (Wildman–Crippen LogP) is 3.50. The fourth-order valence-corrected chi connectivity index (χ4v) is 3.49. The standard InChI is InChI=1S/C20H21FN6/c21-16-6-2-11-23-19(16)20(9-3-10-20)13-24-18-8-7-17(26-27-18)14-4-1-5-15(12-14)25-22/h1-2,4-8,11-12,25H,3,9-10,13,22H2,(H,24,27). The summed E-state index contributed by atoms with van der Waals surface area (Å²) in [6.45, 7) is 0.585. The van der Waals surface area contributed by atoms with Gasteiger partial charge in [-0.15, -0.1) is 10.2 Å². The molecule has 4 N–H and O–H groups in total. The van der Waals surface area contributed by atoms with Gasteiger partial charge < -0.3 is 10.7 Å². The Morgan fingerprint density at radius 3 is 2.63 bits per heavy atom. The summed E-state index contributed by atoms with van der Waals surface area (Å²) < 4.78 is 14.2. The molecule has 1 aromatic carbocycles. The van der Waals surface area contributed by atoms with Crippen LogP contribution in [0.2, 0.25) is 0 Å². The maximum Gasteiger partial charge on any atom is 0.148 e. The molecule has 0 atom stereocenters. The summed E-state index contributed by atoms with van der Waals surface area (Å²) in [5.74, 6) is 5.87. The van der Waals surface area contributed by atoms with Crippen molar-refractivity contribution in [1.82, 2.24) is 15.2 Å². The number of halogens is 1. The molecule has 138 valence electrons. The number of aromatic nitrogens is 3. The Morgan fingerprint density at radius 1 is 1.07 bits per heavy atom. The molecule has 7 heteroatoms. The smallest absolute Gasteiger partial charge is 0.148 e. The largest absolute Gasteiger partial charge is 0.368 e. The zero-order chi connectivity index (χ0) is 18.7. The first-order chi connectivity index (χ1) is 13.2. The van der Waals surface area contributed by atoms with Crippen molar-refractivity contribution in [1.29, 1.82) is 0 Å². The van der Waals surface area contributed by atoms with Crippen molar-refractivity contribution in [2.75, 3.05) is 17.3 Å². The predicted molar refractivity (Wildman–Crippen MR) is 103 cm³/mol. The third-order valence-corrected chi connectivity index (χ3v) is 5.17. The lowest BCUT2D eigenvalue weighted by Gasteiger charge is -2.41. The number of nitrogens with zero attached hydrogens (tertiary/aromatic N) is 3. The molecule has 27 heavy (non-hydrogen) atoms. The van der Waals surface area contributed by atoms with E-state index in [4.69, 9.17) is 5.84 Å². The summed E-state index contributed by atoms with van der Waals surface area (Å²) >= 11 is 0. The van der Waals surface area contributed by atoms with Gasteiger partial charge in [0.2, 0.25) is 0 Å². The van der Waals surface area contributed by atoms with Crippen LogP contribution >= 0.6 is 0 Å². The molecule has 1 aliphatic rings. The summed E-state index contributed by atoms with van der Waals surface area (Å²) in [6, 6.07) is 14.5. The van der Waals surface area contributed by atoms with Gasteiger partial charge in [0.15, 0.2) is 0 Å². The minimum atomic E-state index is -0.271. The fourth-order valence-electron chi connectivity index (χ4n) is 3.49. The quantitative estimate of drug-likeness (QED) is 0.458. The lowest BCUT2D eigenvalue weighted by molar-refractivity contribution is 0.243. The van der Waals surface area contributed by atoms with Crippen LogP contribution in [-0.2, 0) is 5.41 Å². The molecule has 0 amide bonds. The molecule has 0 aliphatic heterocycles. The average Bonchev–Trinajstić information content (AvgIpc) is 2.69. The molecule has 1 fully saturated rings. The van der Waals surface area contributed by atoms with E-state index in [1.165, 1.54) is 6.07 Å². The SMILES string of the molecule is NNc1cccc(-c2ccc(NCC3(c4ncccc4F)CCC3)nn2)c1. The van der Waals surface area contributed by atoms with Crippen molar-refractivity contribution >= 4 is 11.5 Å². The molecular formula is C20H21FN6. The van der Waals surface area contributed by atoms with E-state index in [2.05, 4.69) is 25.9 Å². The Balaban J connectivity index is 1.48. The van der Waals surface area contributed by atoms with Crippen molar-refractivity contribution < 1.29 is 4.39 Å². The number of rotatable bonds is 6. The van der Waals surface area contributed by atoms with Crippen LogP contribution in [0, 0.1) is 5.82 Å². The number of nitrogens with one attached hydrogen (secondary N) is 2. The van der Waals surface area contributed by atoms with Gasteiger partial charge in [-0.05, 0) is 49.2 Å². The van der Waals surface area contributed by atoms with Crippen molar-refractivity contribution in [3.63, 3.8) is 0 Å². The van der Waals surface area contributed by atoms with E-state index in [0.29, 0.717) is 18.1 Å². The Morgan fingerprint density at radius 2 is 1.96 bits per heavy atom. The van der Waals surface area contributed by atoms with Gasteiger partial charge >= 0.3 is 0 Å². The van der Waals surface area contributed by atoms with E-state index in [-0.39, 0.29) is 11.2 Å². The molecule has 1 aliphatic carbocycles. The molecule has 0 bridgehead atoms. The van der Waals surface area contributed by atoms with E-state index in [1.54, 1.807) is 12.3 Å². The zero-order valence-corrected chi connectivity index (χ0v) is 14.8. The number of anilines is 2. The van der Waals surface area contributed by atoms with Crippen LogP contribution in [0.25, 0.3) is 11.3 Å². The van der Waals surface area contributed by atoms with Gasteiger partial charge in [0.1, 0.15) is 11.6 Å². The molecule has 2 heterocycles. The molecule has 3 aromatic rings. The Hall–Kier alpha value is -3.06. The number of hydrogen-bond donors (Lipinski definition) is 3. The van der Waals surface area contributed by atoms with Gasteiger partial charge in [0.25, 0.3) is 0 Å². The Labute approximate surface area is 157 Å². The van der Waals surface area contributed by atoms with Crippen LogP contribution in [0.1, 0.15) is 25.0 Å². The van der Waals surface area contributed by atoms with E-state index in [0.717, 1.165) is 36.2 Å². The highest BCUT2D eigenvalue weighted by Crippen LogP contribution is 2.43. The number of hydrazine groups is 1. The number of benzene rings is 1. The monoisotopic (exact) mass is 364 g/mol. The van der Waals surface area contributed by atoms with Crippen molar-refractivity contribution in [2.45, 2.75) is 24.7 Å². The van der Waals surface area contributed by atoms with Gasteiger partial charge in [-0.1, -0.05) is 18.6 Å². The molecule has 1 saturated carbocycles. The van der Waals surface area contributed by atoms with E-state index in [1.807, 2.05) is 36.4 Å². The molecule has 0 unspecified atom stereocenters. The fraction of sp³-hybridized carbons (Fsp3) is 0.250. The molecular weight excluding hydrogens is 343 g/mol. The highest BCUT2D eigenvalue weighted by Gasteiger charge is 2.41. The van der Waals surface area contributed by atoms with Crippen molar-refractivity contribution in [3.05, 3.63) is 66.2 Å². The first-order valence-electron chi connectivity index (χ1n) is 8.96. The summed E-state index contributed by atoms with van der Waals surface area (Å²) in [5.41, 5.74) is 5.38. The molecule has 0 spiro atoms. The van der Waals surface area contributed by atoms with Crippen molar-refractivity contribution in [3.8, 4) is 11.3 Å². The van der Waals surface area contributed by atoms with Gasteiger partial charge in [-0.3, -0.25) is 10.8 Å². The van der Waals surface area contributed by atoms with Gasteiger partial charge in [-0.2, -0.15) is 0 Å². The third kappa shape index (κ3) is 3.46. The van der Waals surface area contributed by atoms with Gasteiger partial charge in [0.05, 0.1) is 11.4 Å². The first-order valence-corrected chi connectivity index (χ1v) is 8.96. The van der Waals surface area contributed by atoms with Gasteiger partial charge in [0, 0.05) is 29.4 Å². The highest BCUT2D eigenvalue weighted by atomic mass is 19.1. The Bertz CT molecular complexity index is 924. The number of nitrogens with two attached hydrogens (primary N) is 1. The van der Waals surface area contributed by atoms with E-state index < -0.39 is 0 Å². The maximum atomic E-state index is 14.2. The van der Waals surface area contributed by atoms with Crippen LogP contribution < -0.4 is 16.6 Å². The summed E-state index contributed by atoms with van der Waals surface area (Å²) in [4.78, 5) is 4.29. The van der Waals surface area contributed by atoms with Crippen LogP contribution in [0.5, 0.6) is 0 Å². The number of pyridine rings is 1. The molecule has 2 aromatic heterocycles. The average molecular weight is 364 g/mol. The summed E-state index contributed by atoms with van der Waals surface area (Å²) in [7, 11) is 0. The molecule has 4 rings (SSSR count).